The Morgan fingerprint density at radius 3 is 2.49 bits per heavy atom. The van der Waals surface area contributed by atoms with Gasteiger partial charge in [-0.05, 0) is 86.3 Å². The fourth-order valence-corrected chi connectivity index (χ4v) is 5.58. The standard InChI is InChI=1S/C29H28F4N4O2/c1-3-20-15-35-27-23(36-20)14-21(18-9-11-19(12-10-18)26-17(2)6-4-7-22(26)30)28(38)37(27)16-24-25(8-5-13-34-24)39-29(31,32)33/h4-8,13-15,18-19H,3,9-12,16H2,1-2H3. The van der Waals surface area contributed by atoms with Crippen molar-refractivity contribution in [1.29, 1.82) is 0 Å². The lowest BCUT2D eigenvalue weighted by Gasteiger charge is -2.30. The summed E-state index contributed by atoms with van der Waals surface area (Å²) in [5, 5.41) is 0. The highest BCUT2D eigenvalue weighted by Crippen LogP contribution is 2.41. The van der Waals surface area contributed by atoms with E-state index in [1.807, 2.05) is 19.9 Å². The zero-order valence-electron chi connectivity index (χ0n) is 21.6. The Bertz CT molecular complexity index is 1540. The van der Waals surface area contributed by atoms with E-state index in [0.29, 0.717) is 43.2 Å². The summed E-state index contributed by atoms with van der Waals surface area (Å²) in [6.45, 7) is 3.58. The molecule has 0 N–H and O–H groups in total. The number of halogens is 4. The molecular weight excluding hydrogens is 512 g/mol. The molecule has 6 nitrogen and oxygen atoms in total. The van der Waals surface area contributed by atoms with Crippen LogP contribution in [0, 0.1) is 12.7 Å². The van der Waals surface area contributed by atoms with Crippen LogP contribution in [-0.4, -0.2) is 25.9 Å². The van der Waals surface area contributed by atoms with Crippen molar-refractivity contribution < 1.29 is 22.3 Å². The van der Waals surface area contributed by atoms with Crippen LogP contribution in [0.2, 0.25) is 0 Å². The van der Waals surface area contributed by atoms with Gasteiger partial charge in [0, 0.05) is 11.8 Å². The van der Waals surface area contributed by atoms with E-state index in [9.17, 15) is 22.4 Å². The number of benzene rings is 1. The molecule has 0 atom stereocenters. The van der Waals surface area contributed by atoms with E-state index in [0.717, 1.165) is 16.8 Å². The number of ether oxygens (including phenoxy) is 1. The molecule has 0 saturated heterocycles. The Morgan fingerprint density at radius 2 is 1.79 bits per heavy atom. The van der Waals surface area contributed by atoms with Crippen LogP contribution >= 0.6 is 0 Å². The number of alkyl halides is 3. The molecule has 1 saturated carbocycles. The minimum absolute atomic E-state index is 0.0459. The van der Waals surface area contributed by atoms with Crippen molar-refractivity contribution in [3.8, 4) is 5.75 Å². The Kier molecular flexibility index (Phi) is 7.38. The quantitative estimate of drug-likeness (QED) is 0.258. The normalized spacial score (nSPS) is 17.9. The van der Waals surface area contributed by atoms with E-state index in [4.69, 9.17) is 0 Å². The third-order valence-electron chi connectivity index (χ3n) is 7.46. The molecule has 0 spiro atoms. The molecular formula is C29H28F4N4O2. The van der Waals surface area contributed by atoms with Crippen LogP contribution in [-0.2, 0) is 13.0 Å². The Labute approximate surface area is 222 Å². The average molecular weight is 541 g/mol. The Balaban J connectivity index is 1.52. The van der Waals surface area contributed by atoms with Gasteiger partial charge in [0.05, 0.1) is 18.4 Å². The third kappa shape index (κ3) is 5.65. The summed E-state index contributed by atoms with van der Waals surface area (Å²) in [4.78, 5) is 27.0. The highest BCUT2D eigenvalue weighted by atomic mass is 19.4. The van der Waals surface area contributed by atoms with Crippen LogP contribution in [0.1, 0.15) is 72.5 Å². The molecule has 1 aliphatic rings. The first-order valence-corrected chi connectivity index (χ1v) is 13.0. The lowest BCUT2D eigenvalue weighted by atomic mass is 9.75. The average Bonchev–Trinajstić information content (AvgIpc) is 2.90. The summed E-state index contributed by atoms with van der Waals surface area (Å²) in [6.07, 6.45) is 1.42. The molecule has 1 fully saturated rings. The van der Waals surface area contributed by atoms with Crippen LogP contribution in [0.4, 0.5) is 17.6 Å². The third-order valence-corrected chi connectivity index (χ3v) is 7.46. The fourth-order valence-electron chi connectivity index (χ4n) is 5.58. The van der Waals surface area contributed by atoms with Crippen molar-refractivity contribution in [2.75, 3.05) is 0 Å². The predicted molar refractivity (Wildman–Crippen MR) is 138 cm³/mol. The summed E-state index contributed by atoms with van der Waals surface area (Å²) in [7, 11) is 0. The van der Waals surface area contributed by atoms with Crippen molar-refractivity contribution in [2.45, 2.75) is 70.7 Å². The number of nitrogens with zero attached hydrogens (tertiary/aromatic N) is 4. The van der Waals surface area contributed by atoms with Crippen LogP contribution in [0.15, 0.2) is 53.6 Å². The van der Waals surface area contributed by atoms with Gasteiger partial charge in [0.2, 0.25) is 0 Å². The fraction of sp³-hybridized carbons (Fsp3) is 0.379. The van der Waals surface area contributed by atoms with Crippen LogP contribution in [0.25, 0.3) is 11.2 Å². The molecule has 4 aromatic rings. The predicted octanol–water partition coefficient (Wildman–Crippen LogP) is 6.58. The summed E-state index contributed by atoms with van der Waals surface area (Å²) in [5.41, 5.74) is 3.27. The molecule has 3 heterocycles. The number of hydrogen-bond acceptors (Lipinski definition) is 5. The lowest BCUT2D eigenvalue weighted by Crippen LogP contribution is -2.29. The monoisotopic (exact) mass is 540 g/mol. The first kappa shape index (κ1) is 26.8. The van der Waals surface area contributed by atoms with Crippen molar-refractivity contribution in [3.63, 3.8) is 0 Å². The first-order chi connectivity index (χ1) is 18.6. The second-order valence-corrected chi connectivity index (χ2v) is 9.93. The van der Waals surface area contributed by atoms with Crippen LogP contribution in [0.3, 0.4) is 0 Å². The highest BCUT2D eigenvalue weighted by Gasteiger charge is 2.33. The number of pyridine rings is 2. The van der Waals surface area contributed by atoms with Gasteiger partial charge < -0.3 is 4.74 Å². The van der Waals surface area contributed by atoms with Gasteiger partial charge in [-0.1, -0.05) is 19.1 Å². The molecule has 0 radical (unpaired) electrons. The summed E-state index contributed by atoms with van der Waals surface area (Å²) >= 11 is 0. The number of fused-ring (bicyclic) bond motifs is 1. The molecule has 5 rings (SSSR count). The maximum Gasteiger partial charge on any atom is 0.573 e. The molecule has 204 valence electrons. The minimum atomic E-state index is -4.91. The lowest BCUT2D eigenvalue weighted by molar-refractivity contribution is -0.275. The maximum absolute atomic E-state index is 14.6. The van der Waals surface area contributed by atoms with E-state index < -0.39 is 12.1 Å². The minimum Gasteiger partial charge on any atom is -0.404 e. The molecule has 3 aromatic heterocycles. The molecule has 1 aromatic carbocycles. The Morgan fingerprint density at radius 1 is 1.05 bits per heavy atom. The topological polar surface area (TPSA) is 69.9 Å². The SMILES string of the molecule is CCc1cnc2c(cc(C3CCC(c4c(C)cccc4F)CC3)c(=O)n2Cc2ncccc2OC(F)(F)F)n1. The first-order valence-electron chi connectivity index (χ1n) is 13.0. The highest BCUT2D eigenvalue weighted by molar-refractivity contribution is 5.71. The van der Waals surface area contributed by atoms with Gasteiger partial charge in [0.25, 0.3) is 5.56 Å². The van der Waals surface area contributed by atoms with Crippen molar-refractivity contribution in [1.82, 2.24) is 19.5 Å². The molecule has 0 unspecified atom stereocenters. The van der Waals surface area contributed by atoms with Crippen molar-refractivity contribution in [2.24, 2.45) is 0 Å². The summed E-state index contributed by atoms with van der Waals surface area (Å²) in [6, 6.07) is 9.35. The molecule has 0 amide bonds. The molecule has 1 aliphatic carbocycles. The number of hydrogen-bond donors (Lipinski definition) is 0. The summed E-state index contributed by atoms with van der Waals surface area (Å²) in [5.74, 6) is -0.721. The largest absolute Gasteiger partial charge is 0.573 e. The van der Waals surface area contributed by atoms with Gasteiger partial charge >= 0.3 is 6.36 Å². The van der Waals surface area contributed by atoms with E-state index in [1.165, 1.54) is 29.0 Å². The second-order valence-electron chi connectivity index (χ2n) is 9.93. The van der Waals surface area contributed by atoms with Gasteiger partial charge in [-0.3, -0.25) is 14.3 Å². The second kappa shape index (κ2) is 10.7. The Hall–Kier alpha value is -3.82. The molecule has 39 heavy (non-hydrogen) atoms. The zero-order valence-corrected chi connectivity index (χ0v) is 21.6. The van der Waals surface area contributed by atoms with E-state index in [2.05, 4.69) is 19.7 Å². The number of rotatable bonds is 6. The van der Waals surface area contributed by atoms with Gasteiger partial charge in [-0.2, -0.15) is 0 Å². The molecule has 0 aliphatic heterocycles. The molecule has 0 bridgehead atoms. The maximum atomic E-state index is 14.6. The van der Waals surface area contributed by atoms with Gasteiger partial charge in [0.1, 0.15) is 17.0 Å². The van der Waals surface area contributed by atoms with Crippen molar-refractivity contribution >= 4 is 11.2 Å². The van der Waals surface area contributed by atoms with E-state index in [1.54, 1.807) is 18.3 Å². The van der Waals surface area contributed by atoms with Gasteiger partial charge in [0.15, 0.2) is 11.4 Å². The van der Waals surface area contributed by atoms with Crippen LogP contribution < -0.4 is 10.3 Å². The van der Waals surface area contributed by atoms with Gasteiger partial charge in [-0.15, -0.1) is 13.2 Å². The van der Waals surface area contributed by atoms with E-state index >= 15 is 0 Å². The summed E-state index contributed by atoms with van der Waals surface area (Å²) < 4.78 is 59.2. The number of aromatic nitrogens is 4. The van der Waals surface area contributed by atoms with E-state index in [-0.39, 0.29) is 41.1 Å². The van der Waals surface area contributed by atoms with Crippen molar-refractivity contribution in [3.05, 3.63) is 93.0 Å². The zero-order chi connectivity index (χ0) is 27.7. The molecule has 10 heteroatoms. The smallest absolute Gasteiger partial charge is 0.404 e. The number of aryl methyl sites for hydroxylation is 2. The van der Waals surface area contributed by atoms with Crippen LogP contribution in [0.5, 0.6) is 5.75 Å². The van der Waals surface area contributed by atoms with Gasteiger partial charge in [-0.25, -0.2) is 14.4 Å².